The number of pyridine rings is 1. The highest BCUT2D eigenvalue weighted by Gasteiger charge is 2.33. The van der Waals surface area contributed by atoms with E-state index in [0.29, 0.717) is 22.3 Å². The average molecular weight is 465 g/mol. The summed E-state index contributed by atoms with van der Waals surface area (Å²) in [6, 6.07) is 18.4. The van der Waals surface area contributed by atoms with Crippen molar-refractivity contribution >= 4 is 16.9 Å². The molecule has 0 saturated heterocycles. The molecule has 4 aromatic rings. The number of fused-ring (bicyclic) bond motifs is 1. The number of nitrogens with zero attached hydrogens (tertiary/aromatic N) is 1. The van der Waals surface area contributed by atoms with Crippen LogP contribution in [0.1, 0.15) is 35.1 Å². The molecule has 0 radical (unpaired) electrons. The number of hydrogen-bond acceptors (Lipinski definition) is 3. The number of benzene rings is 3. The van der Waals surface area contributed by atoms with Crippen LogP contribution in [-0.4, -0.2) is 16.1 Å². The second-order valence-corrected chi connectivity index (χ2v) is 8.13. The zero-order chi connectivity index (χ0) is 24.5. The van der Waals surface area contributed by atoms with Crippen LogP contribution in [-0.2, 0) is 17.6 Å². The lowest BCUT2D eigenvalue weighted by Crippen LogP contribution is -2.07. The molecular formula is C27H22F3NO3. The summed E-state index contributed by atoms with van der Waals surface area (Å²) in [5, 5.41) is 9.56. The third-order valence-electron chi connectivity index (χ3n) is 5.77. The first kappa shape index (κ1) is 23.3. The predicted octanol–water partition coefficient (Wildman–Crippen LogP) is 7.00. The maximum Gasteiger partial charge on any atom is 0.418 e. The van der Waals surface area contributed by atoms with Crippen LogP contribution in [0.3, 0.4) is 0 Å². The van der Waals surface area contributed by atoms with E-state index in [1.807, 2.05) is 25.1 Å². The van der Waals surface area contributed by atoms with Crippen LogP contribution in [0.15, 0.2) is 72.9 Å². The molecule has 4 rings (SSSR count). The second kappa shape index (κ2) is 9.17. The lowest BCUT2D eigenvalue weighted by molar-refractivity contribution is -0.138. The summed E-state index contributed by atoms with van der Waals surface area (Å²) in [5.41, 5.74) is 2.88. The number of alkyl halides is 3. The average Bonchev–Trinajstić information content (AvgIpc) is 2.81. The Morgan fingerprint density at radius 3 is 2.44 bits per heavy atom. The van der Waals surface area contributed by atoms with Gasteiger partial charge < -0.3 is 9.84 Å². The first-order chi connectivity index (χ1) is 16.1. The van der Waals surface area contributed by atoms with E-state index < -0.39 is 23.6 Å². The molecule has 0 amide bonds. The van der Waals surface area contributed by atoms with Crippen molar-refractivity contribution in [2.45, 2.75) is 32.5 Å². The Morgan fingerprint density at radius 2 is 1.76 bits per heavy atom. The molecule has 0 bridgehead atoms. The maximum atomic E-state index is 13.5. The van der Waals surface area contributed by atoms with Gasteiger partial charge in [0.25, 0.3) is 0 Å². The Kier molecular flexibility index (Phi) is 6.28. The Balaban J connectivity index is 1.62. The summed E-state index contributed by atoms with van der Waals surface area (Å²) in [4.78, 5) is 15.2. The van der Waals surface area contributed by atoms with Gasteiger partial charge in [-0.1, -0.05) is 48.5 Å². The summed E-state index contributed by atoms with van der Waals surface area (Å²) in [6.45, 7) is 3.70. The molecule has 0 aliphatic rings. The summed E-state index contributed by atoms with van der Waals surface area (Å²) >= 11 is 0. The van der Waals surface area contributed by atoms with Crippen LogP contribution in [0.2, 0.25) is 0 Å². The number of para-hydroxylation sites is 1. The minimum Gasteiger partial charge on any atom is -0.489 e. The number of aliphatic carboxylic acids is 1. The molecule has 1 aromatic heterocycles. The molecule has 0 aliphatic heterocycles. The van der Waals surface area contributed by atoms with E-state index in [1.165, 1.54) is 12.3 Å². The topological polar surface area (TPSA) is 59.4 Å². The molecule has 1 N–H and O–H groups in total. The molecule has 1 heterocycles. The predicted molar refractivity (Wildman–Crippen MR) is 124 cm³/mol. The smallest absolute Gasteiger partial charge is 0.418 e. The van der Waals surface area contributed by atoms with Gasteiger partial charge in [-0.3, -0.25) is 9.78 Å². The van der Waals surface area contributed by atoms with Gasteiger partial charge in [0.2, 0.25) is 0 Å². The minimum absolute atomic E-state index is 0.0856. The third kappa shape index (κ3) is 4.73. The van der Waals surface area contributed by atoms with Gasteiger partial charge >= 0.3 is 12.1 Å². The lowest BCUT2D eigenvalue weighted by atomic mass is 9.95. The van der Waals surface area contributed by atoms with E-state index in [-0.39, 0.29) is 12.1 Å². The number of hydrogen-bond donors (Lipinski definition) is 1. The Morgan fingerprint density at radius 1 is 1.06 bits per heavy atom. The zero-order valence-electron chi connectivity index (χ0n) is 18.6. The fraction of sp³-hybridized carbons (Fsp3) is 0.185. The van der Waals surface area contributed by atoms with Crippen molar-refractivity contribution in [1.29, 1.82) is 0 Å². The molecule has 34 heavy (non-hydrogen) atoms. The molecule has 3 aromatic carbocycles. The number of carboxylic acids is 1. The van der Waals surface area contributed by atoms with Gasteiger partial charge in [-0.05, 0) is 59.9 Å². The van der Waals surface area contributed by atoms with E-state index in [9.17, 15) is 18.0 Å². The standard InChI is InChI=1S/C27H22F3NO3/c1-16-14-31-25-22(7-4-8-23(25)27(28,29)30)24(16)20-5-3-6-21(13-20)34-15-18-9-11-19(12-10-18)17(2)26(32)33/h3-14,17H,15H2,1-2H3,(H,32,33)/t17-/m1/s1. The summed E-state index contributed by atoms with van der Waals surface area (Å²) in [5.74, 6) is -0.915. The molecule has 0 saturated carbocycles. The van der Waals surface area contributed by atoms with E-state index in [4.69, 9.17) is 9.84 Å². The zero-order valence-corrected chi connectivity index (χ0v) is 18.6. The summed E-state index contributed by atoms with van der Waals surface area (Å²) < 4.78 is 46.4. The van der Waals surface area contributed by atoms with Crippen LogP contribution in [0.5, 0.6) is 5.75 Å². The molecule has 7 heteroatoms. The van der Waals surface area contributed by atoms with Crippen LogP contribution in [0.4, 0.5) is 13.2 Å². The van der Waals surface area contributed by atoms with Gasteiger partial charge in [-0.15, -0.1) is 0 Å². The Bertz CT molecular complexity index is 1350. The Hall–Kier alpha value is -3.87. The number of halogens is 3. The van der Waals surface area contributed by atoms with Crippen molar-refractivity contribution in [3.05, 3.63) is 95.2 Å². The maximum absolute atomic E-state index is 13.5. The van der Waals surface area contributed by atoms with Crippen molar-refractivity contribution in [3.63, 3.8) is 0 Å². The number of aryl methyl sites for hydroxylation is 1. The number of aromatic nitrogens is 1. The fourth-order valence-electron chi connectivity index (χ4n) is 3.89. The molecule has 1 atom stereocenters. The molecule has 174 valence electrons. The van der Waals surface area contributed by atoms with E-state index in [0.717, 1.165) is 22.8 Å². The Labute approximate surface area is 194 Å². The van der Waals surface area contributed by atoms with Gasteiger partial charge in [0.15, 0.2) is 0 Å². The molecular weight excluding hydrogens is 443 g/mol. The van der Waals surface area contributed by atoms with E-state index in [1.54, 1.807) is 43.3 Å². The minimum atomic E-state index is -4.50. The van der Waals surface area contributed by atoms with Gasteiger partial charge in [-0.2, -0.15) is 13.2 Å². The van der Waals surface area contributed by atoms with Crippen molar-refractivity contribution in [1.82, 2.24) is 4.98 Å². The number of ether oxygens (including phenoxy) is 1. The van der Waals surface area contributed by atoms with Gasteiger partial charge in [0, 0.05) is 11.6 Å². The number of rotatable bonds is 6. The van der Waals surface area contributed by atoms with Gasteiger partial charge in [-0.25, -0.2) is 0 Å². The van der Waals surface area contributed by atoms with Gasteiger partial charge in [0.05, 0.1) is 17.0 Å². The van der Waals surface area contributed by atoms with Crippen molar-refractivity contribution in [3.8, 4) is 16.9 Å². The van der Waals surface area contributed by atoms with Crippen molar-refractivity contribution in [2.75, 3.05) is 0 Å². The first-order valence-corrected chi connectivity index (χ1v) is 10.7. The van der Waals surface area contributed by atoms with Gasteiger partial charge in [0.1, 0.15) is 12.4 Å². The molecule has 0 unspecified atom stereocenters. The number of carboxylic acid groups (broad SMARTS) is 1. The number of carbonyl (C=O) groups is 1. The molecule has 4 nitrogen and oxygen atoms in total. The molecule has 0 spiro atoms. The van der Waals surface area contributed by atoms with Crippen molar-refractivity contribution in [2.24, 2.45) is 0 Å². The van der Waals surface area contributed by atoms with E-state index >= 15 is 0 Å². The highest BCUT2D eigenvalue weighted by Crippen LogP contribution is 2.38. The highest BCUT2D eigenvalue weighted by atomic mass is 19.4. The third-order valence-corrected chi connectivity index (χ3v) is 5.77. The van der Waals surface area contributed by atoms with Crippen LogP contribution < -0.4 is 4.74 Å². The van der Waals surface area contributed by atoms with Crippen molar-refractivity contribution < 1.29 is 27.8 Å². The SMILES string of the molecule is Cc1cnc2c(C(F)(F)F)cccc2c1-c1cccc(OCc2ccc([C@@H](C)C(=O)O)cc2)c1. The lowest BCUT2D eigenvalue weighted by Gasteiger charge is -2.15. The van der Waals surface area contributed by atoms with Crippen LogP contribution >= 0.6 is 0 Å². The monoisotopic (exact) mass is 465 g/mol. The van der Waals surface area contributed by atoms with E-state index in [2.05, 4.69) is 4.98 Å². The quantitative estimate of drug-likeness (QED) is 0.333. The normalized spacial score (nSPS) is 12.5. The highest BCUT2D eigenvalue weighted by molar-refractivity contribution is 5.97. The van der Waals surface area contributed by atoms with Crippen LogP contribution in [0.25, 0.3) is 22.0 Å². The first-order valence-electron chi connectivity index (χ1n) is 10.7. The summed E-state index contributed by atoms with van der Waals surface area (Å²) in [7, 11) is 0. The fourth-order valence-corrected chi connectivity index (χ4v) is 3.89. The van der Waals surface area contributed by atoms with Crippen LogP contribution in [0, 0.1) is 6.92 Å². The molecule has 0 aliphatic carbocycles. The molecule has 0 fully saturated rings. The largest absolute Gasteiger partial charge is 0.489 e. The second-order valence-electron chi connectivity index (χ2n) is 8.13. The summed E-state index contributed by atoms with van der Waals surface area (Å²) in [6.07, 6.45) is -3.04.